The summed E-state index contributed by atoms with van der Waals surface area (Å²) in [5.74, 6) is 0.124. The fourth-order valence-corrected chi connectivity index (χ4v) is 4.48. The van der Waals surface area contributed by atoms with E-state index in [2.05, 4.69) is 5.32 Å². The second-order valence-electron chi connectivity index (χ2n) is 7.11. The highest BCUT2D eigenvalue weighted by molar-refractivity contribution is 7.90. The lowest BCUT2D eigenvalue weighted by molar-refractivity contribution is 0.0909. The molecule has 0 aliphatic rings. The summed E-state index contributed by atoms with van der Waals surface area (Å²) in [6.45, 7) is 1.91. The van der Waals surface area contributed by atoms with Gasteiger partial charge in [0.25, 0.3) is 5.91 Å². The molecule has 3 aromatic rings. The summed E-state index contributed by atoms with van der Waals surface area (Å²) >= 11 is 0. The summed E-state index contributed by atoms with van der Waals surface area (Å²) in [6.07, 6.45) is 2.86. The van der Waals surface area contributed by atoms with Crippen LogP contribution in [0.2, 0.25) is 0 Å². The van der Waals surface area contributed by atoms with Crippen molar-refractivity contribution in [2.45, 2.75) is 36.5 Å². The van der Waals surface area contributed by atoms with E-state index in [9.17, 15) is 13.2 Å². The minimum absolute atomic E-state index is 0.0332. The van der Waals surface area contributed by atoms with Gasteiger partial charge in [-0.05, 0) is 55.7 Å². The number of carbonyl (C=O) groups is 1. The number of methoxy groups -OCH3 is 1. The Bertz CT molecular complexity index is 1070. The number of amides is 1. The molecule has 30 heavy (non-hydrogen) atoms. The Labute approximate surface area is 176 Å². The molecule has 0 saturated carbocycles. The maximum Gasteiger partial charge on any atom is 0.287 e. The third-order valence-corrected chi connectivity index (χ3v) is 6.48. The third kappa shape index (κ3) is 5.51. The molecule has 158 valence electrons. The molecule has 1 atom stereocenters. The van der Waals surface area contributed by atoms with E-state index in [1.165, 1.54) is 24.5 Å². The van der Waals surface area contributed by atoms with Gasteiger partial charge in [-0.15, -0.1) is 0 Å². The molecule has 0 bridgehead atoms. The highest BCUT2D eigenvalue weighted by Crippen LogP contribution is 2.20. The zero-order valence-electron chi connectivity index (χ0n) is 17.0. The first kappa shape index (κ1) is 21.6. The van der Waals surface area contributed by atoms with Crippen LogP contribution in [-0.2, 0) is 22.0 Å². The number of furan rings is 1. The molecule has 0 spiro atoms. The standard InChI is InChI=1S/C23H25NO5S/c1-17(8-9-18-10-12-20(28-2)13-11-18)24-23(25)22-19(14-15-29-22)16-30(26,27)21-6-4-3-5-7-21/h3-7,10-15,17H,8-9,16H2,1-2H3,(H,24,25). The Morgan fingerprint density at radius 1 is 1.07 bits per heavy atom. The van der Waals surface area contributed by atoms with Gasteiger partial charge in [0.15, 0.2) is 15.6 Å². The molecule has 0 aliphatic carbocycles. The van der Waals surface area contributed by atoms with Crippen LogP contribution in [0, 0.1) is 0 Å². The van der Waals surface area contributed by atoms with Gasteiger partial charge >= 0.3 is 0 Å². The SMILES string of the molecule is COc1ccc(CCC(C)NC(=O)c2occc2CS(=O)(=O)c2ccccc2)cc1. The number of hydrogen-bond donors (Lipinski definition) is 1. The van der Waals surface area contributed by atoms with E-state index in [-0.39, 0.29) is 22.5 Å². The molecule has 3 rings (SSSR count). The second kappa shape index (κ2) is 9.63. The molecule has 1 amide bonds. The summed E-state index contributed by atoms with van der Waals surface area (Å²) < 4.78 is 35.7. The zero-order valence-corrected chi connectivity index (χ0v) is 17.8. The first-order valence-electron chi connectivity index (χ1n) is 9.67. The van der Waals surface area contributed by atoms with Crippen LogP contribution < -0.4 is 10.1 Å². The van der Waals surface area contributed by atoms with Gasteiger partial charge in [0.05, 0.1) is 24.0 Å². The van der Waals surface area contributed by atoms with Crippen LogP contribution in [0.15, 0.2) is 76.2 Å². The van der Waals surface area contributed by atoms with Crippen molar-refractivity contribution in [3.8, 4) is 5.75 Å². The number of nitrogens with one attached hydrogen (secondary N) is 1. The van der Waals surface area contributed by atoms with Crippen LogP contribution in [0.5, 0.6) is 5.75 Å². The van der Waals surface area contributed by atoms with Crippen molar-refractivity contribution in [3.05, 3.63) is 83.8 Å². The fourth-order valence-electron chi connectivity index (χ4n) is 3.10. The van der Waals surface area contributed by atoms with E-state index >= 15 is 0 Å². The molecule has 6 nitrogen and oxygen atoms in total. The van der Waals surface area contributed by atoms with Crippen molar-refractivity contribution >= 4 is 15.7 Å². The van der Waals surface area contributed by atoms with Gasteiger partial charge in [-0.3, -0.25) is 4.79 Å². The van der Waals surface area contributed by atoms with E-state index in [0.717, 1.165) is 24.2 Å². The maximum atomic E-state index is 12.6. The normalized spacial score (nSPS) is 12.3. The predicted octanol–water partition coefficient (Wildman–Crippen LogP) is 4.01. The molecule has 0 aliphatic heterocycles. The van der Waals surface area contributed by atoms with Crippen LogP contribution in [0.25, 0.3) is 0 Å². The van der Waals surface area contributed by atoms with Gasteiger partial charge in [-0.25, -0.2) is 8.42 Å². The number of ether oxygens (including phenoxy) is 1. The number of hydrogen-bond acceptors (Lipinski definition) is 5. The van der Waals surface area contributed by atoms with Gasteiger partial charge in [0.1, 0.15) is 5.75 Å². The lowest BCUT2D eigenvalue weighted by Gasteiger charge is -2.14. The molecule has 1 unspecified atom stereocenters. The molecule has 7 heteroatoms. The lowest BCUT2D eigenvalue weighted by Crippen LogP contribution is -2.33. The van der Waals surface area contributed by atoms with Gasteiger partial charge in [0, 0.05) is 11.6 Å². The van der Waals surface area contributed by atoms with E-state index in [1.807, 2.05) is 31.2 Å². The van der Waals surface area contributed by atoms with E-state index in [4.69, 9.17) is 9.15 Å². The number of rotatable bonds is 9. The topological polar surface area (TPSA) is 85.6 Å². The molecule has 0 saturated heterocycles. The molecular weight excluding hydrogens is 402 g/mol. The highest BCUT2D eigenvalue weighted by Gasteiger charge is 2.23. The van der Waals surface area contributed by atoms with Crippen LogP contribution >= 0.6 is 0 Å². The molecule has 0 radical (unpaired) electrons. The summed E-state index contributed by atoms with van der Waals surface area (Å²) in [4.78, 5) is 12.9. The first-order chi connectivity index (χ1) is 14.4. The molecule has 0 fully saturated rings. The summed E-state index contributed by atoms with van der Waals surface area (Å²) in [7, 11) is -1.94. The smallest absolute Gasteiger partial charge is 0.287 e. The zero-order chi connectivity index (χ0) is 21.6. The third-order valence-electron chi connectivity index (χ3n) is 4.80. The summed E-state index contributed by atoms with van der Waals surface area (Å²) in [6, 6.07) is 17.4. The quantitative estimate of drug-likeness (QED) is 0.558. The predicted molar refractivity (Wildman–Crippen MR) is 114 cm³/mol. The Morgan fingerprint density at radius 3 is 2.43 bits per heavy atom. The maximum absolute atomic E-state index is 12.6. The van der Waals surface area contributed by atoms with E-state index in [0.29, 0.717) is 5.56 Å². The van der Waals surface area contributed by atoms with Crippen molar-refractivity contribution in [2.24, 2.45) is 0 Å². The number of aryl methyl sites for hydroxylation is 1. The first-order valence-corrected chi connectivity index (χ1v) is 11.3. The van der Waals surface area contributed by atoms with E-state index in [1.54, 1.807) is 25.3 Å². The molecule has 1 N–H and O–H groups in total. The summed E-state index contributed by atoms with van der Waals surface area (Å²) in [5, 5.41) is 2.89. The van der Waals surface area contributed by atoms with Gasteiger partial charge in [-0.2, -0.15) is 0 Å². The van der Waals surface area contributed by atoms with Crippen LogP contribution in [-0.4, -0.2) is 27.5 Å². The minimum atomic E-state index is -3.57. The number of benzene rings is 2. The van der Waals surface area contributed by atoms with Crippen LogP contribution in [0.1, 0.15) is 35.0 Å². The van der Waals surface area contributed by atoms with Gasteiger partial charge in [-0.1, -0.05) is 30.3 Å². The van der Waals surface area contributed by atoms with Gasteiger partial charge in [0.2, 0.25) is 0 Å². The van der Waals surface area contributed by atoms with Gasteiger partial charge < -0.3 is 14.5 Å². The van der Waals surface area contributed by atoms with Crippen molar-refractivity contribution in [1.82, 2.24) is 5.32 Å². The Hall–Kier alpha value is -3.06. The molecule has 1 aromatic heterocycles. The largest absolute Gasteiger partial charge is 0.497 e. The second-order valence-corrected chi connectivity index (χ2v) is 9.10. The lowest BCUT2D eigenvalue weighted by atomic mass is 10.1. The van der Waals surface area contributed by atoms with E-state index < -0.39 is 15.7 Å². The minimum Gasteiger partial charge on any atom is -0.497 e. The van der Waals surface area contributed by atoms with Crippen LogP contribution in [0.3, 0.4) is 0 Å². The van der Waals surface area contributed by atoms with Crippen molar-refractivity contribution in [2.75, 3.05) is 7.11 Å². The molecular formula is C23H25NO5S. The Kier molecular flexibility index (Phi) is 6.95. The number of carbonyl (C=O) groups excluding carboxylic acids is 1. The molecule has 1 heterocycles. The monoisotopic (exact) mass is 427 g/mol. The Morgan fingerprint density at radius 2 is 1.77 bits per heavy atom. The highest BCUT2D eigenvalue weighted by atomic mass is 32.2. The molecule has 2 aromatic carbocycles. The van der Waals surface area contributed by atoms with Crippen molar-refractivity contribution in [1.29, 1.82) is 0 Å². The average molecular weight is 428 g/mol. The summed E-state index contributed by atoms with van der Waals surface area (Å²) in [5.41, 5.74) is 1.49. The Balaban J connectivity index is 1.60. The van der Waals surface area contributed by atoms with Crippen LogP contribution in [0.4, 0.5) is 0 Å². The number of sulfone groups is 1. The fraction of sp³-hybridized carbons (Fsp3) is 0.261. The average Bonchev–Trinajstić information content (AvgIpc) is 3.21. The van der Waals surface area contributed by atoms with Crippen molar-refractivity contribution in [3.63, 3.8) is 0 Å². The van der Waals surface area contributed by atoms with Crippen molar-refractivity contribution < 1.29 is 22.4 Å².